The van der Waals surface area contributed by atoms with Crippen molar-refractivity contribution in [2.24, 2.45) is 0 Å². The van der Waals surface area contributed by atoms with E-state index in [0.29, 0.717) is 6.42 Å². The maximum absolute atomic E-state index is 12.8. The highest BCUT2D eigenvalue weighted by atomic mass is 31.2. The summed E-state index contributed by atoms with van der Waals surface area (Å²) in [6.07, 6.45) is 34.1. The molecule has 9 atom stereocenters. The standard InChI is InChI=1S/C51H87O14P/c1-3-5-7-9-11-13-15-17-19-21-23-25-27-29-31-33-35-37-45(54)64-43(41-63-66(60,61)65-51-49(58)47(56)46(55)48(57)50(51)59)40-62-44(53)39-38-42(52)36-34-32-30-28-26-24-22-20-18-16-14-12-10-8-6-4-2/h6,8,12,14,18,20,24,26,30,32,34,36,42-43,46-52,55-59H,3-5,7,9-11,13,15-17,19,21-23,25,27-29,31,33,35,37-41H2,1-2H3,(H,60,61)/b8-6-,14-12-,20-18-,26-24-,32-30-,36-34-/t42?,43-,46?,47-,48+,49-,50-,51?/m1/s1. The number of unbranched alkanes of at least 4 members (excludes halogenated alkanes) is 16. The SMILES string of the molecule is CC/C=C\C/C=C\C/C=C\C/C=C\C/C=C\C=C/C(O)CCC(=O)OC[C@H](COP(=O)(O)OC1[C@H](O)[C@H](O)C(O)[C@H](O)[C@H]1O)OC(=O)CCCCCCCCCCCCCCCCCCC. The van der Waals surface area contributed by atoms with Crippen LogP contribution >= 0.6 is 7.82 Å². The van der Waals surface area contributed by atoms with Gasteiger partial charge in [-0.1, -0.05) is 189 Å². The van der Waals surface area contributed by atoms with Crippen LogP contribution in [0.2, 0.25) is 0 Å². The first-order chi connectivity index (χ1) is 31.8. The van der Waals surface area contributed by atoms with Crippen molar-refractivity contribution in [3.63, 3.8) is 0 Å². The van der Waals surface area contributed by atoms with Crippen LogP contribution in [-0.4, -0.2) is 110 Å². The second-order valence-electron chi connectivity index (χ2n) is 17.1. The summed E-state index contributed by atoms with van der Waals surface area (Å²) in [5.74, 6) is -1.38. The second kappa shape index (κ2) is 40.2. The zero-order chi connectivity index (χ0) is 48.7. The highest BCUT2D eigenvalue weighted by Gasteiger charge is 2.51. The average Bonchev–Trinajstić information content (AvgIpc) is 3.30. The highest BCUT2D eigenvalue weighted by molar-refractivity contribution is 7.47. The van der Waals surface area contributed by atoms with Gasteiger partial charge in [0, 0.05) is 12.8 Å². The third-order valence-electron chi connectivity index (χ3n) is 11.2. The van der Waals surface area contributed by atoms with E-state index in [9.17, 15) is 49.7 Å². The van der Waals surface area contributed by atoms with E-state index >= 15 is 0 Å². The normalized spacial score (nSPS) is 22.4. The molecule has 0 amide bonds. The van der Waals surface area contributed by atoms with Gasteiger partial charge in [-0.3, -0.25) is 18.6 Å². The Kier molecular flexibility index (Phi) is 37.3. The van der Waals surface area contributed by atoms with Crippen molar-refractivity contribution in [1.29, 1.82) is 0 Å². The van der Waals surface area contributed by atoms with Crippen LogP contribution in [0.15, 0.2) is 72.9 Å². The van der Waals surface area contributed by atoms with Gasteiger partial charge in [0.1, 0.15) is 43.2 Å². The molecule has 1 rings (SSSR count). The summed E-state index contributed by atoms with van der Waals surface area (Å²) >= 11 is 0. The Bertz CT molecular complexity index is 1450. The summed E-state index contributed by atoms with van der Waals surface area (Å²) < 4.78 is 33.4. The molecular weight excluding hydrogens is 868 g/mol. The topological polar surface area (TPSA) is 230 Å². The number of aliphatic hydroxyl groups is 6. The van der Waals surface area contributed by atoms with E-state index in [1.165, 1.54) is 83.1 Å². The third-order valence-corrected chi connectivity index (χ3v) is 12.2. The largest absolute Gasteiger partial charge is 0.472 e. The number of phosphoric acid groups is 1. The maximum Gasteiger partial charge on any atom is 0.472 e. The molecule has 1 fully saturated rings. The molecule has 0 aromatic heterocycles. The van der Waals surface area contributed by atoms with Crippen LogP contribution < -0.4 is 0 Å². The molecule has 15 heteroatoms. The lowest BCUT2D eigenvalue weighted by molar-refractivity contribution is -0.220. The predicted octanol–water partition coefficient (Wildman–Crippen LogP) is 9.25. The number of allylic oxidation sites excluding steroid dienone is 11. The van der Waals surface area contributed by atoms with Gasteiger partial charge in [0.2, 0.25) is 0 Å². The van der Waals surface area contributed by atoms with Crippen molar-refractivity contribution in [1.82, 2.24) is 0 Å². The Labute approximate surface area is 396 Å². The van der Waals surface area contributed by atoms with Crippen molar-refractivity contribution in [3.05, 3.63) is 72.9 Å². The molecule has 7 N–H and O–H groups in total. The van der Waals surface area contributed by atoms with Crippen molar-refractivity contribution in [3.8, 4) is 0 Å². The number of hydrogen-bond acceptors (Lipinski definition) is 13. The molecule has 66 heavy (non-hydrogen) atoms. The zero-order valence-electron chi connectivity index (χ0n) is 40.1. The molecule has 380 valence electrons. The number of rotatable bonds is 40. The fourth-order valence-electron chi connectivity index (χ4n) is 7.16. The molecule has 4 unspecified atom stereocenters. The first kappa shape index (κ1) is 61.3. The van der Waals surface area contributed by atoms with Crippen molar-refractivity contribution < 1.29 is 68.2 Å². The quantitative estimate of drug-likeness (QED) is 0.00999. The number of ether oxygens (including phenoxy) is 2. The fourth-order valence-corrected chi connectivity index (χ4v) is 8.13. The van der Waals surface area contributed by atoms with Gasteiger partial charge >= 0.3 is 19.8 Å². The van der Waals surface area contributed by atoms with Crippen LogP contribution in [0.25, 0.3) is 0 Å². The van der Waals surface area contributed by atoms with Crippen LogP contribution in [0.4, 0.5) is 0 Å². The summed E-state index contributed by atoms with van der Waals surface area (Å²) in [5.41, 5.74) is 0. The Morgan fingerprint density at radius 3 is 1.47 bits per heavy atom. The summed E-state index contributed by atoms with van der Waals surface area (Å²) in [4.78, 5) is 35.8. The molecule has 0 saturated heterocycles. The van der Waals surface area contributed by atoms with E-state index in [-0.39, 0.29) is 19.3 Å². The number of esters is 2. The summed E-state index contributed by atoms with van der Waals surface area (Å²) in [7, 11) is -5.18. The molecule has 1 saturated carbocycles. The monoisotopic (exact) mass is 955 g/mol. The smallest absolute Gasteiger partial charge is 0.462 e. The number of carbonyl (C=O) groups is 2. The molecule has 1 aliphatic rings. The van der Waals surface area contributed by atoms with Crippen LogP contribution in [0.3, 0.4) is 0 Å². The molecule has 14 nitrogen and oxygen atoms in total. The molecule has 0 spiro atoms. The lowest BCUT2D eigenvalue weighted by atomic mass is 9.85. The second-order valence-corrected chi connectivity index (χ2v) is 18.6. The highest BCUT2D eigenvalue weighted by Crippen LogP contribution is 2.47. The van der Waals surface area contributed by atoms with Gasteiger partial charge in [0.05, 0.1) is 12.7 Å². The summed E-state index contributed by atoms with van der Waals surface area (Å²) in [6, 6.07) is 0. The minimum atomic E-state index is -5.18. The maximum atomic E-state index is 12.8. The van der Waals surface area contributed by atoms with Crippen LogP contribution in [0.5, 0.6) is 0 Å². The van der Waals surface area contributed by atoms with Crippen LogP contribution in [0, 0.1) is 0 Å². The lowest BCUT2D eigenvalue weighted by Gasteiger charge is -2.41. The van der Waals surface area contributed by atoms with Crippen molar-refractivity contribution in [2.45, 2.75) is 223 Å². The van der Waals surface area contributed by atoms with Crippen molar-refractivity contribution >= 4 is 19.8 Å². The minimum absolute atomic E-state index is 0.0401. The molecular formula is C51H87O14P. The van der Waals surface area contributed by atoms with Gasteiger partial charge in [0.15, 0.2) is 6.10 Å². The predicted molar refractivity (Wildman–Crippen MR) is 259 cm³/mol. The zero-order valence-corrected chi connectivity index (χ0v) is 41.0. The Morgan fingerprint density at radius 2 is 0.985 bits per heavy atom. The van der Waals surface area contributed by atoms with Gasteiger partial charge in [-0.2, -0.15) is 0 Å². The number of aliphatic hydroxyl groups excluding tert-OH is 6. The van der Waals surface area contributed by atoms with Gasteiger partial charge in [-0.15, -0.1) is 0 Å². The Balaban J connectivity index is 2.52. The number of carbonyl (C=O) groups excluding carboxylic acids is 2. The van der Waals surface area contributed by atoms with Gasteiger partial charge in [-0.05, 0) is 44.9 Å². The molecule has 0 bridgehead atoms. The molecule has 0 aromatic carbocycles. The molecule has 1 aliphatic carbocycles. The molecule has 0 aliphatic heterocycles. The van der Waals surface area contributed by atoms with Gasteiger partial charge in [-0.25, -0.2) is 4.57 Å². The lowest BCUT2D eigenvalue weighted by Crippen LogP contribution is -2.64. The fraction of sp³-hybridized carbons (Fsp3) is 0.725. The average molecular weight is 955 g/mol. The van der Waals surface area contributed by atoms with Crippen LogP contribution in [-0.2, 0) is 32.7 Å². The summed E-state index contributed by atoms with van der Waals surface area (Å²) in [6.45, 7) is 2.99. The molecule has 0 radical (unpaired) electrons. The van der Waals surface area contributed by atoms with Gasteiger partial charge < -0.3 is 45.0 Å². The first-order valence-electron chi connectivity index (χ1n) is 24.8. The van der Waals surface area contributed by atoms with E-state index in [0.717, 1.165) is 57.8 Å². The van der Waals surface area contributed by atoms with E-state index < -0.39 is 81.8 Å². The molecule has 0 aromatic rings. The first-order valence-corrected chi connectivity index (χ1v) is 26.3. The van der Waals surface area contributed by atoms with Gasteiger partial charge in [0.25, 0.3) is 0 Å². The Morgan fingerprint density at radius 1 is 0.545 bits per heavy atom. The van der Waals surface area contributed by atoms with Crippen molar-refractivity contribution in [2.75, 3.05) is 13.2 Å². The molecule has 0 heterocycles. The Hall–Kier alpha value is -2.75. The number of phosphoric ester groups is 1. The minimum Gasteiger partial charge on any atom is -0.462 e. The number of hydrogen-bond donors (Lipinski definition) is 7. The van der Waals surface area contributed by atoms with E-state index in [1.54, 1.807) is 12.2 Å². The van der Waals surface area contributed by atoms with E-state index in [4.69, 9.17) is 18.5 Å². The third kappa shape index (κ3) is 32.1. The van der Waals surface area contributed by atoms with Crippen LogP contribution in [0.1, 0.15) is 174 Å². The van der Waals surface area contributed by atoms with E-state index in [2.05, 4.69) is 56.4 Å². The van der Waals surface area contributed by atoms with E-state index in [1.807, 2.05) is 12.2 Å². The summed E-state index contributed by atoms with van der Waals surface area (Å²) in [5, 5.41) is 60.6.